The SMILES string of the molecule is CC(C)c1ccc(/C=C2\N=C(c3ccc([N+](=O)[O-])cc3Cl)OC2=O)cc1. The maximum absolute atomic E-state index is 12.1. The van der Waals surface area contributed by atoms with E-state index in [-0.39, 0.29) is 22.3 Å². The Hall–Kier alpha value is -2.99. The van der Waals surface area contributed by atoms with Crippen LogP contribution >= 0.6 is 11.6 Å². The van der Waals surface area contributed by atoms with E-state index in [0.29, 0.717) is 11.5 Å². The average molecular weight is 371 g/mol. The average Bonchev–Trinajstić information content (AvgIpc) is 2.95. The fourth-order valence-corrected chi connectivity index (χ4v) is 2.71. The fourth-order valence-electron chi connectivity index (χ4n) is 2.45. The third kappa shape index (κ3) is 3.65. The van der Waals surface area contributed by atoms with Gasteiger partial charge < -0.3 is 4.74 Å². The molecule has 1 aliphatic heterocycles. The van der Waals surface area contributed by atoms with E-state index in [1.165, 1.54) is 23.8 Å². The molecule has 6 nitrogen and oxygen atoms in total. The van der Waals surface area contributed by atoms with Gasteiger partial charge in [-0.25, -0.2) is 9.79 Å². The lowest BCUT2D eigenvalue weighted by Gasteiger charge is -2.04. The first-order valence-electron chi connectivity index (χ1n) is 7.92. The number of carbonyl (C=O) groups excluding carboxylic acids is 1. The van der Waals surface area contributed by atoms with Crippen LogP contribution in [-0.2, 0) is 9.53 Å². The van der Waals surface area contributed by atoms with Crippen molar-refractivity contribution in [2.45, 2.75) is 19.8 Å². The van der Waals surface area contributed by atoms with Crippen molar-refractivity contribution in [3.63, 3.8) is 0 Å². The second-order valence-electron chi connectivity index (χ2n) is 6.08. The van der Waals surface area contributed by atoms with E-state index in [0.717, 1.165) is 5.56 Å². The van der Waals surface area contributed by atoms with Gasteiger partial charge in [0.15, 0.2) is 5.70 Å². The predicted molar refractivity (Wildman–Crippen MR) is 99.2 cm³/mol. The number of ether oxygens (including phenoxy) is 1. The van der Waals surface area contributed by atoms with E-state index in [9.17, 15) is 14.9 Å². The van der Waals surface area contributed by atoms with Crippen LogP contribution in [0.4, 0.5) is 5.69 Å². The first-order valence-corrected chi connectivity index (χ1v) is 8.30. The molecule has 2 aromatic rings. The third-order valence-corrected chi connectivity index (χ3v) is 4.23. The standard InChI is InChI=1S/C19H15ClN2O4/c1-11(2)13-5-3-12(4-6-13)9-17-19(23)26-18(21-17)15-8-7-14(22(24)25)10-16(15)20/h3-11H,1-2H3/b17-9-. The van der Waals surface area contributed by atoms with Gasteiger partial charge in [0.1, 0.15) is 0 Å². The number of hydrogen-bond acceptors (Lipinski definition) is 5. The summed E-state index contributed by atoms with van der Waals surface area (Å²) in [6.45, 7) is 4.21. The Morgan fingerprint density at radius 2 is 1.88 bits per heavy atom. The molecule has 0 N–H and O–H groups in total. The number of nitro groups is 1. The predicted octanol–water partition coefficient (Wildman–Crippen LogP) is 4.72. The van der Waals surface area contributed by atoms with E-state index in [2.05, 4.69) is 18.8 Å². The van der Waals surface area contributed by atoms with Gasteiger partial charge in [0.05, 0.1) is 15.5 Å². The topological polar surface area (TPSA) is 81.8 Å². The molecule has 0 spiro atoms. The number of esters is 1. The Morgan fingerprint density at radius 3 is 2.46 bits per heavy atom. The molecule has 26 heavy (non-hydrogen) atoms. The molecular formula is C19H15ClN2O4. The monoisotopic (exact) mass is 370 g/mol. The number of cyclic esters (lactones) is 1. The molecule has 0 saturated heterocycles. The third-order valence-electron chi connectivity index (χ3n) is 3.92. The van der Waals surface area contributed by atoms with Gasteiger partial charge in [0, 0.05) is 12.1 Å². The zero-order chi connectivity index (χ0) is 18.8. The molecule has 0 saturated carbocycles. The molecule has 1 heterocycles. The number of halogens is 1. The minimum atomic E-state index is -0.595. The van der Waals surface area contributed by atoms with Gasteiger partial charge >= 0.3 is 5.97 Å². The van der Waals surface area contributed by atoms with Crippen LogP contribution in [0.15, 0.2) is 53.2 Å². The summed E-state index contributed by atoms with van der Waals surface area (Å²) in [5, 5.41) is 10.9. The highest BCUT2D eigenvalue weighted by atomic mass is 35.5. The molecular weight excluding hydrogens is 356 g/mol. The second kappa shape index (κ2) is 7.09. The molecule has 7 heteroatoms. The molecule has 0 atom stereocenters. The Kier molecular flexibility index (Phi) is 4.86. The van der Waals surface area contributed by atoms with Crippen LogP contribution < -0.4 is 0 Å². The van der Waals surface area contributed by atoms with Gasteiger partial charge in [0.25, 0.3) is 5.69 Å². The number of hydrogen-bond donors (Lipinski definition) is 0. The van der Waals surface area contributed by atoms with Crippen LogP contribution in [0.1, 0.15) is 36.5 Å². The van der Waals surface area contributed by atoms with E-state index < -0.39 is 10.9 Å². The smallest absolute Gasteiger partial charge is 0.363 e. The Bertz CT molecular complexity index is 947. The van der Waals surface area contributed by atoms with Crippen molar-refractivity contribution in [2.24, 2.45) is 4.99 Å². The Labute approximate surface area is 154 Å². The van der Waals surface area contributed by atoms with Crippen LogP contribution in [0.3, 0.4) is 0 Å². The number of non-ortho nitro benzene ring substituents is 1. The second-order valence-corrected chi connectivity index (χ2v) is 6.49. The molecule has 3 rings (SSSR count). The molecule has 0 radical (unpaired) electrons. The van der Waals surface area contributed by atoms with E-state index in [1.807, 2.05) is 24.3 Å². The first kappa shape index (κ1) is 17.8. The lowest BCUT2D eigenvalue weighted by Crippen LogP contribution is -2.06. The molecule has 0 aliphatic carbocycles. The van der Waals surface area contributed by atoms with Gasteiger partial charge in [0.2, 0.25) is 5.90 Å². The summed E-state index contributed by atoms with van der Waals surface area (Å²) >= 11 is 6.06. The van der Waals surface area contributed by atoms with E-state index in [4.69, 9.17) is 16.3 Å². The summed E-state index contributed by atoms with van der Waals surface area (Å²) in [7, 11) is 0. The first-order chi connectivity index (χ1) is 12.3. The van der Waals surface area contributed by atoms with Crippen LogP contribution in [0.25, 0.3) is 6.08 Å². The van der Waals surface area contributed by atoms with E-state index in [1.54, 1.807) is 6.08 Å². The van der Waals surface area contributed by atoms with Gasteiger partial charge in [-0.15, -0.1) is 0 Å². The zero-order valence-corrected chi connectivity index (χ0v) is 14.9. The number of aliphatic imine (C=N–C) groups is 1. The number of nitro benzene ring substituents is 1. The van der Waals surface area contributed by atoms with Crippen molar-refractivity contribution in [1.82, 2.24) is 0 Å². The highest BCUT2D eigenvalue weighted by Crippen LogP contribution is 2.27. The van der Waals surface area contributed by atoms with Crippen molar-refractivity contribution >= 4 is 35.2 Å². The van der Waals surface area contributed by atoms with Gasteiger partial charge in [-0.2, -0.15) is 0 Å². The summed E-state index contributed by atoms with van der Waals surface area (Å²) in [6.07, 6.45) is 1.62. The highest BCUT2D eigenvalue weighted by Gasteiger charge is 2.26. The quantitative estimate of drug-likeness (QED) is 0.337. The van der Waals surface area contributed by atoms with Crippen molar-refractivity contribution in [3.05, 3.63) is 80.0 Å². The maximum Gasteiger partial charge on any atom is 0.363 e. The molecule has 0 fully saturated rings. The highest BCUT2D eigenvalue weighted by molar-refractivity contribution is 6.34. The molecule has 132 valence electrons. The van der Waals surface area contributed by atoms with Gasteiger partial charge in [-0.05, 0) is 29.2 Å². The minimum Gasteiger partial charge on any atom is -0.402 e. The van der Waals surface area contributed by atoms with Gasteiger partial charge in [-0.1, -0.05) is 49.7 Å². The minimum absolute atomic E-state index is 0.0277. The summed E-state index contributed by atoms with van der Waals surface area (Å²) in [6, 6.07) is 11.7. The number of nitrogens with zero attached hydrogens (tertiary/aromatic N) is 2. The van der Waals surface area contributed by atoms with Crippen LogP contribution in [0, 0.1) is 10.1 Å². The van der Waals surface area contributed by atoms with Crippen molar-refractivity contribution in [3.8, 4) is 0 Å². The number of carbonyl (C=O) groups is 1. The molecule has 0 unspecified atom stereocenters. The molecule has 0 amide bonds. The van der Waals surface area contributed by atoms with Gasteiger partial charge in [-0.3, -0.25) is 10.1 Å². The Balaban J connectivity index is 1.90. The summed E-state index contributed by atoms with van der Waals surface area (Å²) < 4.78 is 5.16. The molecule has 0 bridgehead atoms. The number of rotatable bonds is 4. The van der Waals surface area contributed by atoms with E-state index >= 15 is 0 Å². The van der Waals surface area contributed by atoms with Crippen molar-refractivity contribution < 1.29 is 14.5 Å². The number of benzene rings is 2. The van der Waals surface area contributed by atoms with Crippen molar-refractivity contribution in [1.29, 1.82) is 0 Å². The largest absolute Gasteiger partial charge is 0.402 e. The fraction of sp³-hybridized carbons (Fsp3) is 0.158. The summed E-state index contributed by atoms with van der Waals surface area (Å²) in [4.78, 5) is 26.5. The normalized spacial score (nSPS) is 15.3. The summed E-state index contributed by atoms with van der Waals surface area (Å²) in [5.74, 6) is -0.149. The molecule has 2 aromatic carbocycles. The zero-order valence-electron chi connectivity index (χ0n) is 14.1. The van der Waals surface area contributed by atoms with Crippen LogP contribution in [0.2, 0.25) is 5.02 Å². The van der Waals surface area contributed by atoms with Crippen LogP contribution in [-0.4, -0.2) is 16.8 Å². The summed E-state index contributed by atoms with van der Waals surface area (Å²) in [5.41, 5.74) is 2.34. The lowest BCUT2D eigenvalue weighted by molar-refractivity contribution is -0.384. The maximum atomic E-state index is 12.1. The molecule has 0 aromatic heterocycles. The molecule has 1 aliphatic rings. The lowest BCUT2D eigenvalue weighted by atomic mass is 10.0. The Morgan fingerprint density at radius 1 is 1.19 bits per heavy atom. The van der Waals surface area contributed by atoms with Crippen LogP contribution in [0.5, 0.6) is 0 Å². The van der Waals surface area contributed by atoms with Crippen molar-refractivity contribution in [2.75, 3.05) is 0 Å².